The Bertz CT molecular complexity index is 948. The number of ketones is 1. The highest BCUT2D eigenvalue weighted by Gasteiger charge is 2.28. The molecule has 0 fully saturated rings. The third-order valence-electron chi connectivity index (χ3n) is 5.57. The van der Waals surface area contributed by atoms with Gasteiger partial charge in [0.25, 0.3) is 0 Å². The Morgan fingerprint density at radius 3 is 2.30 bits per heavy atom. The molecular formula is C23H31N2O5+. The molecule has 2 heterocycles. The summed E-state index contributed by atoms with van der Waals surface area (Å²) in [5.74, 6) is 1.11. The van der Waals surface area contributed by atoms with Gasteiger partial charge in [0.1, 0.15) is 13.1 Å². The Kier molecular flexibility index (Phi) is 6.82. The molecule has 0 saturated carbocycles. The van der Waals surface area contributed by atoms with Crippen LogP contribution in [0.4, 0.5) is 0 Å². The molecule has 0 spiro atoms. The number of ether oxygens (including phenoxy) is 3. The predicted molar refractivity (Wildman–Crippen MR) is 113 cm³/mol. The highest BCUT2D eigenvalue weighted by Crippen LogP contribution is 2.32. The van der Waals surface area contributed by atoms with Crippen LogP contribution in [0.25, 0.3) is 0 Å². The number of hydrogen-bond donors (Lipinski definition) is 2. The smallest absolute Gasteiger partial charge is 0.339 e. The van der Waals surface area contributed by atoms with Crippen molar-refractivity contribution in [2.45, 2.75) is 40.7 Å². The summed E-state index contributed by atoms with van der Waals surface area (Å²) in [7, 11) is 1.35. The van der Waals surface area contributed by atoms with Crippen LogP contribution >= 0.6 is 0 Å². The van der Waals surface area contributed by atoms with Crippen molar-refractivity contribution in [3.63, 3.8) is 0 Å². The van der Waals surface area contributed by atoms with E-state index in [1.54, 1.807) is 13.8 Å². The fourth-order valence-electron chi connectivity index (χ4n) is 4.15. The van der Waals surface area contributed by atoms with Gasteiger partial charge in [-0.3, -0.25) is 4.79 Å². The van der Waals surface area contributed by atoms with Crippen molar-refractivity contribution < 1.29 is 28.7 Å². The highest BCUT2D eigenvalue weighted by atomic mass is 16.5. The number of benzene rings is 1. The molecule has 162 valence electrons. The second-order valence-corrected chi connectivity index (χ2v) is 7.58. The Hall–Kier alpha value is -2.80. The lowest BCUT2D eigenvalue weighted by Gasteiger charge is -2.26. The fraction of sp³-hybridized carbons (Fsp3) is 0.478. The summed E-state index contributed by atoms with van der Waals surface area (Å²) < 4.78 is 16.3. The van der Waals surface area contributed by atoms with Crippen LogP contribution in [0.3, 0.4) is 0 Å². The Morgan fingerprint density at radius 1 is 1.07 bits per heavy atom. The zero-order chi connectivity index (χ0) is 21.8. The van der Waals surface area contributed by atoms with E-state index in [4.69, 9.17) is 14.2 Å². The number of esters is 1. The number of aryl methyl sites for hydroxylation is 1. The van der Waals surface area contributed by atoms with Crippen molar-refractivity contribution in [1.29, 1.82) is 0 Å². The molecule has 7 heteroatoms. The van der Waals surface area contributed by atoms with Crippen LogP contribution in [0.1, 0.15) is 57.1 Å². The van der Waals surface area contributed by atoms with Crippen LogP contribution in [-0.4, -0.2) is 50.1 Å². The number of carbonyl (C=O) groups is 2. The number of hydrogen-bond acceptors (Lipinski definition) is 5. The van der Waals surface area contributed by atoms with Gasteiger partial charge in [-0.1, -0.05) is 0 Å². The van der Waals surface area contributed by atoms with Crippen LogP contribution in [0.15, 0.2) is 12.1 Å². The molecule has 1 aliphatic rings. The van der Waals surface area contributed by atoms with Gasteiger partial charge < -0.3 is 24.1 Å². The zero-order valence-electron chi connectivity index (χ0n) is 18.4. The van der Waals surface area contributed by atoms with Gasteiger partial charge in [-0.15, -0.1) is 0 Å². The molecule has 0 radical (unpaired) electrons. The molecule has 0 bridgehead atoms. The maximum Gasteiger partial charge on any atom is 0.339 e. The van der Waals surface area contributed by atoms with Gasteiger partial charge in [-0.25, -0.2) is 4.79 Å². The lowest BCUT2D eigenvalue weighted by Crippen LogP contribution is -3.12. The van der Waals surface area contributed by atoms with Crippen molar-refractivity contribution in [1.82, 2.24) is 4.98 Å². The summed E-state index contributed by atoms with van der Waals surface area (Å²) in [4.78, 5) is 29.2. The molecule has 0 saturated heterocycles. The minimum Gasteiger partial charge on any atom is -0.490 e. The Labute approximate surface area is 177 Å². The summed E-state index contributed by atoms with van der Waals surface area (Å²) >= 11 is 0. The Morgan fingerprint density at radius 2 is 1.70 bits per heavy atom. The van der Waals surface area contributed by atoms with E-state index < -0.39 is 5.97 Å². The first kappa shape index (κ1) is 21.9. The van der Waals surface area contributed by atoms with Crippen LogP contribution in [0.2, 0.25) is 0 Å². The van der Waals surface area contributed by atoms with Gasteiger partial charge in [0.15, 0.2) is 11.5 Å². The summed E-state index contributed by atoms with van der Waals surface area (Å²) in [6, 6.07) is 4.12. The average molecular weight is 416 g/mol. The summed E-state index contributed by atoms with van der Waals surface area (Å²) in [5, 5.41) is 0. The van der Waals surface area contributed by atoms with E-state index in [-0.39, 0.29) is 5.78 Å². The number of methoxy groups -OCH3 is 1. The van der Waals surface area contributed by atoms with Crippen molar-refractivity contribution in [2.75, 3.05) is 33.4 Å². The SMILES string of the molecule is CCOc1cc2c(cc1OCC)C[NH+](CC(=O)c1[nH]c(C)c(C(=O)OC)c1C)CC2. The van der Waals surface area contributed by atoms with Crippen molar-refractivity contribution in [3.05, 3.63) is 45.8 Å². The number of fused-ring (bicyclic) bond motifs is 1. The number of aromatic amines is 1. The second-order valence-electron chi connectivity index (χ2n) is 7.58. The molecule has 7 nitrogen and oxygen atoms in total. The van der Waals surface area contributed by atoms with Crippen molar-refractivity contribution >= 4 is 11.8 Å². The molecule has 2 aromatic rings. The second kappa shape index (κ2) is 9.34. The van der Waals surface area contributed by atoms with Crippen LogP contribution in [-0.2, 0) is 17.7 Å². The first-order valence-corrected chi connectivity index (χ1v) is 10.4. The van der Waals surface area contributed by atoms with Gasteiger partial charge >= 0.3 is 5.97 Å². The third-order valence-corrected chi connectivity index (χ3v) is 5.57. The quantitative estimate of drug-likeness (QED) is 0.509. The third kappa shape index (κ3) is 4.36. The van der Waals surface area contributed by atoms with Crippen molar-refractivity contribution in [3.8, 4) is 11.5 Å². The van der Waals surface area contributed by atoms with E-state index >= 15 is 0 Å². The largest absolute Gasteiger partial charge is 0.490 e. The normalized spacial score (nSPS) is 15.4. The van der Waals surface area contributed by atoms with Crippen LogP contribution in [0.5, 0.6) is 11.5 Å². The molecule has 0 amide bonds. The van der Waals surface area contributed by atoms with Gasteiger partial charge in [-0.05, 0) is 51.0 Å². The molecule has 2 N–H and O–H groups in total. The summed E-state index contributed by atoms with van der Waals surface area (Å²) in [6.07, 6.45) is 0.876. The number of rotatable bonds is 8. The lowest BCUT2D eigenvalue weighted by atomic mass is 9.98. The first-order valence-electron chi connectivity index (χ1n) is 10.4. The van der Waals surface area contributed by atoms with E-state index in [1.165, 1.54) is 23.1 Å². The van der Waals surface area contributed by atoms with Gasteiger partial charge in [0, 0.05) is 17.7 Å². The number of carbonyl (C=O) groups excluding carboxylic acids is 2. The zero-order valence-corrected chi connectivity index (χ0v) is 18.4. The number of Topliss-reactive ketones (excluding diaryl/α,β-unsaturated/α-hetero) is 1. The standard InChI is InChI=1S/C23H30N2O5/c1-6-29-19-10-16-8-9-25(12-17(16)11-20(19)30-7-2)13-18(26)22-14(3)21(15(4)24-22)23(27)28-5/h10-11,24H,6-9,12-13H2,1-5H3/p+1. The summed E-state index contributed by atoms with van der Waals surface area (Å²) in [6.45, 7) is 10.6. The molecule has 30 heavy (non-hydrogen) atoms. The van der Waals surface area contributed by atoms with E-state index in [2.05, 4.69) is 11.1 Å². The predicted octanol–water partition coefficient (Wildman–Crippen LogP) is 2.04. The molecule has 1 unspecified atom stereocenters. The molecule has 1 aliphatic heterocycles. The van der Waals surface area contributed by atoms with Gasteiger partial charge in [0.05, 0.1) is 38.1 Å². The van der Waals surface area contributed by atoms with E-state index in [1.807, 2.05) is 19.9 Å². The lowest BCUT2D eigenvalue weighted by molar-refractivity contribution is -0.907. The van der Waals surface area contributed by atoms with E-state index in [0.717, 1.165) is 31.0 Å². The number of nitrogens with one attached hydrogen (secondary N) is 2. The maximum atomic E-state index is 13.0. The van der Waals surface area contributed by atoms with E-state index in [0.29, 0.717) is 42.3 Å². The van der Waals surface area contributed by atoms with Gasteiger partial charge in [0.2, 0.25) is 5.78 Å². The van der Waals surface area contributed by atoms with Crippen LogP contribution < -0.4 is 14.4 Å². The highest BCUT2D eigenvalue weighted by molar-refractivity contribution is 6.01. The minimum absolute atomic E-state index is 0.000159. The van der Waals surface area contributed by atoms with E-state index in [9.17, 15) is 9.59 Å². The molecule has 0 aliphatic carbocycles. The fourth-order valence-corrected chi connectivity index (χ4v) is 4.15. The molecule has 1 atom stereocenters. The number of aromatic nitrogens is 1. The van der Waals surface area contributed by atoms with Crippen molar-refractivity contribution in [2.24, 2.45) is 0 Å². The monoisotopic (exact) mass is 415 g/mol. The Balaban J connectivity index is 1.77. The van der Waals surface area contributed by atoms with Crippen LogP contribution in [0, 0.1) is 13.8 Å². The molecular weight excluding hydrogens is 384 g/mol. The molecule has 3 rings (SSSR count). The molecule has 1 aromatic carbocycles. The summed E-state index contributed by atoms with van der Waals surface area (Å²) in [5.41, 5.74) is 4.69. The minimum atomic E-state index is -0.423. The topological polar surface area (TPSA) is 82.1 Å². The first-order chi connectivity index (χ1) is 14.4. The maximum absolute atomic E-state index is 13.0. The number of quaternary nitrogens is 1. The van der Waals surface area contributed by atoms with Gasteiger partial charge in [-0.2, -0.15) is 0 Å². The molecule has 1 aromatic heterocycles. The average Bonchev–Trinajstić information content (AvgIpc) is 3.02. The number of H-pyrrole nitrogens is 1.